The highest BCUT2D eigenvalue weighted by atomic mass is 35.5. The Hall–Kier alpha value is -2.93. The van der Waals surface area contributed by atoms with Crippen molar-refractivity contribution in [3.63, 3.8) is 0 Å². The van der Waals surface area contributed by atoms with E-state index in [0.717, 1.165) is 17.5 Å². The van der Waals surface area contributed by atoms with Gasteiger partial charge in [-0.2, -0.15) is 0 Å². The van der Waals surface area contributed by atoms with Crippen molar-refractivity contribution >= 4 is 23.5 Å². The van der Waals surface area contributed by atoms with Gasteiger partial charge in [-0.3, -0.25) is 4.79 Å². The number of fused-ring (bicyclic) bond motifs is 1. The van der Waals surface area contributed by atoms with E-state index < -0.39 is 0 Å². The molecule has 1 unspecified atom stereocenters. The minimum atomic E-state index is -0.344. The number of methoxy groups -OCH3 is 2. The molecule has 0 saturated heterocycles. The molecule has 1 atom stereocenters. The van der Waals surface area contributed by atoms with E-state index in [1.807, 2.05) is 19.1 Å². The number of ether oxygens (including phenoxy) is 2. The van der Waals surface area contributed by atoms with Gasteiger partial charge in [0.1, 0.15) is 0 Å². The molecule has 0 saturated carbocycles. The number of urea groups is 1. The highest BCUT2D eigenvalue weighted by Crippen LogP contribution is 2.38. The maximum atomic E-state index is 12.8. The monoisotopic (exact) mass is 445 g/mol. The zero-order chi connectivity index (χ0) is 22.4. The molecule has 166 valence electrons. The average Bonchev–Trinajstić information content (AvgIpc) is 2.79. The first kappa shape index (κ1) is 22.7. The summed E-state index contributed by atoms with van der Waals surface area (Å²) in [4.78, 5) is 27.3. The normalized spacial score (nSPS) is 15.1. The molecule has 0 fully saturated rings. The van der Waals surface area contributed by atoms with Crippen LogP contribution in [0.2, 0.25) is 5.02 Å². The summed E-state index contributed by atoms with van der Waals surface area (Å²) in [5.74, 6) is 0.985. The van der Waals surface area contributed by atoms with Crippen LogP contribution < -0.4 is 20.1 Å². The molecule has 0 spiro atoms. The second-order valence-corrected chi connectivity index (χ2v) is 7.75. The molecule has 0 aromatic heterocycles. The summed E-state index contributed by atoms with van der Waals surface area (Å²) in [7, 11) is 3.18. The molecule has 1 heterocycles. The van der Waals surface area contributed by atoms with Crippen LogP contribution in [0.5, 0.6) is 11.5 Å². The largest absolute Gasteiger partial charge is 0.493 e. The Morgan fingerprint density at radius 3 is 2.55 bits per heavy atom. The van der Waals surface area contributed by atoms with Crippen molar-refractivity contribution < 1.29 is 19.1 Å². The van der Waals surface area contributed by atoms with Crippen molar-refractivity contribution in [2.24, 2.45) is 0 Å². The molecule has 3 amide bonds. The fraction of sp³-hybridized carbons (Fsp3) is 0.391. The van der Waals surface area contributed by atoms with Crippen molar-refractivity contribution in [1.82, 2.24) is 15.5 Å². The van der Waals surface area contributed by atoms with Crippen LogP contribution in [-0.4, -0.2) is 50.7 Å². The van der Waals surface area contributed by atoms with E-state index in [4.69, 9.17) is 21.1 Å². The molecule has 2 aromatic rings. The number of carbonyl (C=O) groups is 2. The van der Waals surface area contributed by atoms with Gasteiger partial charge < -0.3 is 25.0 Å². The van der Waals surface area contributed by atoms with Gasteiger partial charge in [0, 0.05) is 30.2 Å². The number of nitrogens with zero attached hydrogens (tertiary/aromatic N) is 1. The lowest BCUT2D eigenvalue weighted by molar-refractivity contribution is 0.0934. The first-order chi connectivity index (χ1) is 15.0. The Kier molecular flexibility index (Phi) is 7.63. The summed E-state index contributed by atoms with van der Waals surface area (Å²) in [6, 6.07) is 10.1. The van der Waals surface area contributed by atoms with Crippen LogP contribution in [0.3, 0.4) is 0 Å². The van der Waals surface area contributed by atoms with E-state index in [0.29, 0.717) is 41.6 Å². The van der Waals surface area contributed by atoms with Gasteiger partial charge in [0.25, 0.3) is 5.91 Å². The van der Waals surface area contributed by atoms with E-state index in [-0.39, 0.29) is 24.5 Å². The lowest BCUT2D eigenvalue weighted by atomic mass is 9.91. The highest BCUT2D eigenvalue weighted by Gasteiger charge is 2.32. The SMILES string of the molecule is CCCNC(=O)N1CCc2cc(OC)c(OC)cc2C1CNC(=O)c1cccc(Cl)c1. The third kappa shape index (κ3) is 5.22. The molecule has 0 bridgehead atoms. The number of halogens is 1. The topological polar surface area (TPSA) is 79.9 Å². The lowest BCUT2D eigenvalue weighted by Gasteiger charge is -2.38. The van der Waals surface area contributed by atoms with Crippen LogP contribution in [0, 0.1) is 0 Å². The summed E-state index contributed by atoms with van der Waals surface area (Å²) in [5.41, 5.74) is 2.47. The minimum Gasteiger partial charge on any atom is -0.493 e. The maximum absolute atomic E-state index is 12.8. The first-order valence-electron chi connectivity index (χ1n) is 10.3. The molecule has 0 radical (unpaired) electrons. The molecule has 2 N–H and O–H groups in total. The lowest BCUT2D eigenvalue weighted by Crippen LogP contribution is -2.49. The number of hydrogen-bond donors (Lipinski definition) is 2. The van der Waals surface area contributed by atoms with E-state index in [9.17, 15) is 9.59 Å². The van der Waals surface area contributed by atoms with Gasteiger partial charge in [0.15, 0.2) is 11.5 Å². The Labute approximate surface area is 187 Å². The van der Waals surface area contributed by atoms with Crippen LogP contribution in [0.15, 0.2) is 36.4 Å². The second-order valence-electron chi connectivity index (χ2n) is 7.32. The first-order valence-corrected chi connectivity index (χ1v) is 10.7. The van der Waals surface area contributed by atoms with Gasteiger partial charge in [0.05, 0.1) is 20.3 Å². The number of nitrogens with one attached hydrogen (secondary N) is 2. The number of rotatable bonds is 7. The Morgan fingerprint density at radius 1 is 1.13 bits per heavy atom. The number of hydrogen-bond acceptors (Lipinski definition) is 4. The molecule has 8 heteroatoms. The number of carbonyl (C=O) groups excluding carboxylic acids is 2. The third-order valence-corrected chi connectivity index (χ3v) is 5.57. The second kappa shape index (κ2) is 10.4. The van der Waals surface area contributed by atoms with Crippen molar-refractivity contribution in [3.8, 4) is 11.5 Å². The van der Waals surface area contributed by atoms with E-state index >= 15 is 0 Å². The van der Waals surface area contributed by atoms with Crippen molar-refractivity contribution in [2.45, 2.75) is 25.8 Å². The van der Waals surface area contributed by atoms with Crippen LogP contribution in [0.4, 0.5) is 4.79 Å². The molecular formula is C23H28ClN3O4. The minimum absolute atomic E-state index is 0.149. The summed E-state index contributed by atoms with van der Waals surface area (Å²) in [6.45, 7) is 3.39. The van der Waals surface area contributed by atoms with Crippen LogP contribution in [-0.2, 0) is 6.42 Å². The Morgan fingerprint density at radius 2 is 1.87 bits per heavy atom. The zero-order valence-electron chi connectivity index (χ0n) is 18.0. The van der Waals surface area contributed by atoms with Crippen molar-refractivity contribution in [1.29, 1.82) is 0 Å². The fourth-order valence-electron chi connectivity index (χ4n) is 3.75. The van der Waals surface area contributed by atoms with Gasteiger partial charge in [-0.15, -0.1) is 0 Å². The summed E-state index contributed by atoms with van der Waals surface area (Å²) >= 11 is 6.01. The van der Waals surface area contributed by atoms with Crippen LogP contribution >= 0.6 is 11.6 Å². The molecule has 31 heavy (non-hydrogen) atoms. The average molecular weight is 446 g/mol. The van der Waals surface area contributed by atoms with Gasteiger partial charge in [-0.25, -0.2) is 4.79 Å². The zero-order valence-corrected chi connectivity index (χ0v) is 18.8. The summed E-state index contributed by atoms with van der Waals surface area (Å²) in [6.07, 6.45) is 1.53. The molecule has 1 aliphatic heterocycles. The Balaban J connectivity index is 1.89. The van der Waals surface area contributed by atoms with Gasteiger partial charge >= 0.3 is 6.03 Å². The van der Waals surface area contributed by atoms with E-state index in [2.05, 4.69) is 10.6 Å². The molecule has 2 aromatic carbocycles. The maximum Gasteiger partial charge on any atom is 0.317 e. The van der Waals surface area contributed by atoms with Crippen LogP contribution in [0.1, 0.15) is 40.9 Å². The highest BCUT2D eigenvalue weighted by molar-refractivity contribution is 6.30. The number of benzene rings is 2. The number of amides is 3. The summed E-state index contributed by atoms with van der Waals surface area (Å²) in [5, 5.41) is 6.39. The van der Waals surface area contributed by atoms with Crippen LogP contribution in [0.25, 0.3) is 0 Å². The van der Waals surface area contributed by atoms with Gasteiger partial charge in [0.2, 0.25) is 0 Å². The fourth-order valence-corrected chi connectivity index (χ4v) is 3.94. The van der Waals surface area contributed by atoms with Crippen molar-refractivity contribution in [2.75, 3.05) is 33.9 Å². The Bertz CT molecular complexity index is 950. The third-order valence-electron chi connectivity index (χ3n) is 5.33. The molecule has 3 rings (SSSR count). The molecular weight excluding hydrogens is 418 g/mol. The molecule has 7 nitrogen and oxygen atoms in total. The predicted octanol–water partition coefficient (Wildman–Crippen LogP) is 3.81. The molecule has 1 aliphatic rings. The van der Waals surface area contributed by atoms with Gasteiger partial charge in [-0.05, 0) is 54.3 Å². The predicted molar refractivity (Wildman–Crippen MR) is 120 cm³/mol. The van der Waals surface area contributed by atoms with E-state index in [1.165, 1.54) is 0 Å². The summed E-state index contributed by atoms with van der Waals surface area (Å²) < 4.78 is 10.9. The molecule has 0 aliphatic carbocycles. The van der Waals surface area contributed by atoms with Crippen molar-refractivity contribution in [3.05, 3.63) is 58.1 Å². The standard InChI is InChI=1S/C23H28ClN3O4/c1-4-9-25-23(29)27-10-8-15-12-20(30-2)21(31-3)13-18(15)19(27)14-26-22(28)16-6-5-7-17(24)11-16/h5-7,11-13,19H,4,8-10,14H2,1-3H3,(H,25,29)(H,26,28). The van der Waals surface area contributed by atoms with Gasteiger partial charge in [-0.1, -0.05) is 24.6 Å². The van der Waals surface area contributed by atoms with E-state index in [1.54, 1.807) is 43.4 Å². The quantitative estimate of drug-likeness (QED) is 0.679. The smallest absolute Gasteiger partial charge is 0.317 e.